The molecule has 0 radical (unpaired) electrons. The molecule has 4 rings (SSSR count). The minimum atomic E-state index is -0.516. The fourth-order valence-corrected chi connectivity index (χ4v) is 8.41. The van der Waals surface area contributed by atoms with E-state index in [4.69, 9.17) is 0 Å². The van der Waals surface area contributed by atoms with E-state index in [9.17, 15) is 10.2 Å². The minimum absolute atomic E-state index is 0.225. The second-order valence-electron chi connectivity index (χ2n) is 10.7. The van der Waals surface area contributed by atoms with E-state index in [1.807, 2.05) is 0 Å². The van der Waals surface area contributed by atoms with Crippen molar-refractivity contribution >= 4 is 0 Å². The molecule has 0 aromatic heterocycles. The summed E-state index contributed by atoms with van der Waals surface area (Å²) in [5.41, 5.74) is 0.771. The topological polar surface area (TPSA) is 40.5 Å². The van der Waals surface area contributed by atoms with Crippen LogP contribution in [0.3, 0.4) is 0 Å². The predicted molar refractivity (Wildman–Crippen MR) is 97.4 cm³/mol. The Hall–Kier alpha value is -0.0800. The molecule has 0 aromatic rings. The van der Waals surface area contributed by atoms with Gasteiger partial charge in [0.2, 0.25) is 0 Å². The van der Waals surface area contributed by atoms with Crippen LogP contribution in [0.4, 0.5) is 0 Å². The Morgan fingerprint density at radius 2 is 1.38 bits per heavy atom. The third-order valence-electron chi connectivity index (χ3n) is 10.2. The first-order chi connectivity index (χ1) is 11.2. The highest BCUT2D eigenvalue weighted by Gasteiger charge is 2.64. The molecule has 0 heterocycles. The van der Waals surface area contributed by atoms with E-state index in [1.165, 1.54) is 25.7 Å². The van der Waals surface area contributed by atoms with E-state index in [0.717, 1.165) is 36.5 Å². The van der Waals surface area contributed by atoms with Crippen molar-refractivity contribution in [3.8, 4) is 0 Å². The lowest BCUT2D eigenvalue weighted by molar-refractivity contribution is -0.210. The predicted octanol–water partition coefficient (Wildman–Crippen LogP) is 4.49. The van der Waals surface area contributed by atoms with Gasteiger partial charge in [0.15, 0.2) is 0 Å². The van der Waals surface area contributed by atoms with Gasteiger partial charge < -0.3 is 10.2 Å². The number of aliphatic hydroxyl groups is 2. The Morgan fingerprint density at radius 1 is 0.750 bits per heavy atom. The van der Waals surface area contributed by atoms with E-state index in [2.05, 4.69) is 34.6 Å². The van der Waals surface area contributed by atoms with Crippen LogP contribution in [0.15, 0.2) is 0 Å². The molecule has 138 valence electrons. The molecule has 0 aromatic carbocycles. The molecular formula is C22H38O2. The molecule has 0 spiro atoms. The van der Waals surface area contributed by atoms with Gasteiger partial charge in [0.1, 0.15) is 0 Å². The second-order valence-corrected chi connectivity index (χ2v) is 10.7. The van der Waals surface area contributed by atoms with Gasteiger partial charge in [0.25, 0.3) is 0 Å². The zero-order chi connectivity index (χ0) is 17.4. The summed E-state index contributed by atoms with van der Waals surface area (Å²) in [6, 6.07) is 0. The Kier molecular flexibility index (Phi) is 3.94. The normalized spacial score (nSPS) is 63.4. The largest absolute Gasteiger partial charge is 0.390 e. The van der Waals surface area contributed by atoms with Crippen molar-refractivity contribution in [1.82, 2.24) is 0 Å². The van der Waals surface area contributed by atoms with Crippen molar-refractivity contribution in [3.05, 3.63) is 0 Å². The number of hydrogen-bond acceptors (Lipinski definition) is 2. The number of rotatable bonds is 0. The van der Waals surface area contributed by atoms with Crippen LogP contribution < -0.4 is 0 Å². The molecule has 11 atom stereocenters. The summed E-state index contributed by atoms with van der Waals surface area (Å²) in [6.45, 7) is 12.4. The van der Waals surface area contributed by atoms with Crippen LogP contribution in [-0.4, -0.2) is 22.4 Å². The Morgan fingerprint density at radius 3 is 2.08 bits per heavy atom. The summed E-state index contributed by atoms with van der Waals surface area (Å²) in [6.07, 6.45) is 6.42. The standard InChI is InChI=1S/C22H38O2/c1-12-6-7-15-18-13(2)14(3)19-20(24)17(23)9-11-22(19,5)16(18)8-10-21(12,15)4/h12-20,23-24H,6-11H2,1-5H3. The highest BCUT2D eigenvalue weighted by atomic mass is 16.3. The summed E-state index contributed by atoms with van der Waals surface area (Å²) in [5, 5.41) is 21.2. The van der Waals surface area contributed by atoms with Crippen molar-refractivity contribution in [1.29, 1.82) is 0 Å². The lowest BCUT2D eigenvalue weighted by Gasteiger charge is -2.65. The van der Waals surface area contributed by atoms with Crippen LogP contribution in [0.1, 0.15) is 73.1 Å². The minimum Gasteiger partial charge on any atom is -0.390 e. The molecule has 11 unspecified atom stereocenters. The second kappa shape index (κ2) is 5.46. The maximum absolute atomic E-state index is 10.8. The molecular weight excluding hydrogens is 296 g/mol. The van der Waals surface area contributed by atoms with Crippen LogP contribution >= 0.6 is 0 Å². The Balaban J connectivity index is 1.74. The van der Waals surface area contributed by atoms with Gasteiger partial charge in [0, 0.05) is 0 Å². The molecule has 4 fully saturated rings. The van der Waals surface area contributed by atoms with E-state index < -0.39 is 12.2 Å². The fraction of sp³-hybridized carbons (Fsp3) is 1.00. The molecule has 4 aliphatic rings. The highest BCUT2D eigenvalue weighted by Crippen LogP contribution is 2.69. The lowest BCUT2D eigenvalue weighted by atomic mass is 9.40. The molecule has 4 aliphatic carbocycles. The average Bonchev–Trinajstić information content (AvgIpc) is 2.84. The van der Waals surface area contributed by atoms with Crippen molar-refractivity contribution in [3.63, 3.8) is 0 Å². The summed E-state index contributed by atoms with van der Waals surface area (Å²) >= 11 is 0. The molecule has 0 aliphatic heterocycles. The third-order valence-corrected chi connectivity index (χ3v) is 10.2. The van der Waals surface area contributed by atoms with Gasteiger partial charge in [-0.25, -0.2) is 0 Å². The smallest absolute Gasteiger partial charge is 0.0835 e. The van der Waals surface area contributed by atoms with Gasteiger partial charge in [-0.3, -0.25) is 0 Å². The highest BCUT2D eigenvalue weighted by molar-refractivity contribution is 5.13. The van der Waals surface area contributed by atoms with Crippen LogP contribution in [0.25, 0.3) is 0 Å². The Labute approximate surface area is 148 Å². The average molecular weight is 335 g/mol. The van der Waals surface area contributed by atoms with Crippen LogP contribution in [0.2, 0.25) is 0 Å². The van der Waals surface area contributed by atoms with Gasteiger partial charge in [-0.15, -0.1) is 0 Å². The van der Waals surface area contributed by atoms with Crippen molar-refractivity contribution in [2.24, 2.45) is 52.3 Å². The zero-order valence-electron chi connectivity index (χ0n) is 16.3. The summed E-state index contributed by atoms with van der Waals surface area (Å²) in [4.78, 5) is 0. The number of aliphatic hydroxyl groups excluding tert-OH is 2. The van der Waals surface area contributed by atoms with Crippen molar-refractivity contribution in [2.45, 2.75) is 85.4 Å². The summed E-state index contributed by atoms with van der Waals surface area (Å²) in [5.74, 6) is 4.79. The molecule has 24 heavy (non-hydrogen) atoms. The van der Waals surface area contributed by atoms with E-state index in [-0.39, 0.29) is 11.3 Å². The van der Waals surface area contributed by atoms with Gasteiger partial charge in [0.05, 0.1) is 12.2 Å². The molecule has 0 saturated heterocycles. The molecule has 2 nitrogen and oxygen atoms in total. The lowest BCUT2D eigenvalue weighted by Crippen LogP contribution is -2.63. The van der Waals surface area contributed by atoms with E-state index in [0.29, 0.717) is 17.3 Å². The molecule has 2 N–H and O–H groups in total. The fourth-order valence-electron chi connectivity index (χ4n) is 8.41. The van der Waals surface area contributed by atoms with E-state index in [1.54, 1.807) is 0 Å². The SMILES string of the molecule is CC1C(C)C2C(O)C(O)CCC2(C)C2CCC3(C)C(C)CCC3C12. The molecule has 2 heteroatoms. The number of hydrogen-bond donors (Lipinski definition) is 2. The first-order valence-electron chi connectivity index (χ1n) is 10.6. The van der Waals surface area contributed by atoms with Crippen LogP contribution in [-0.2, 0) is 0 Å². The van der Waals surface area contributed by atoms with Gasteiger partial charge >= 0.3 is 0 Å². The maximum atomic E-state index is 10.8. The molecule has 0 amide bonds. The van der Waals surface area contributed by atoms with Crippen LogP contribution in [0, 0.1) is 52.3 Å². The van der Waals surface area contributed by atoms with Gasteiger partial charge in [-0.2, -0.15) is 0 Å². The van der Waals surface area contributed by atoms with Crippen molar-refractivity contribution in [2.75, 3.05) is 0 Å². The maximum Gasteiger partial charge on any atom is 0.0835 e. The molecule has 0 bridgehead atoms. The monoisotopic (exact) mass is 334 g/mol. The Bertz CT molecular complexity index is 504. The third kappa shape index (κ3) is 2.02. The van der Waals surface area contributed by atoms with Gasteiger partial charge in [-0.1, -0.05) is 34.6 Å². The van der Waals surface area contributed by atoms with Crippen molar-refractivity contribution < 1.29 is 10.2 Å². The van der Waals surface area contributed by atoms with Crippen LogP contribution in [0.5, 0.6) is 0 Å². The quantitative estimate of drug-likeness (QED) is 0.685. The zero-order valence-corrected chi connectivity index (χ0v) is 16.3. The first-order valence-corrected chi connectivity index (χ1v) is 10.6. The summed E-state index contributed by atoms with van der Waals surface area (Å²) in [7, 11) is 0. The first kappa shape index (κ1) is 17.3. The van der Waals surface area contributed by atoms with E-state index >= 15 is 0 Å². The van der Waals surface area contributed by atoms with Gasteiger partial charge in [-0.05, 0) is 90.8 Å². The molecule has 4 saturated carbocycles. The summed E-state index contributed by atoms with van der Waals surface area (Å²) < 4.78 is 0. The number of fused-ring (bicyclic) bond motifs is 5.